The summed E-state index contributed by atoms with van der Waals surface area (Å²) in [6.45, 7) is 1.91. The van der Waals surface area contributed by atoms with E-state index in [1.807, 2.05) is 42.6 Å². The Morgan fingerprint density at radius 3 is 2.42 bits per heavy atom. The van der Waals surface area contributed by atoms with Gasteiger partial charge in [-0.3, -0.25) is 14.8 Å². The zero-order chi connectivity index (χ0) is 23.4. The Labute approximate surface area is 196 Å². The highest BCUT2D eigenvalue weighted by Gasteiger charge is 2.22. The molecular formula is C24H21N3O4S2. The van der Waals surface area contributed by atoms with E-state index in [9.17, 15) is 13.2 Å². The van der Waals surface area contributed by atoms with Gasteiger partial charge < -0.3 is 4.74 Å². The van der Waals surface area contributed by atoms with E-state index < -0.39 is 15.9 Å². The van der Waals surface area contributed by atoms with E-state index in [-0.39, 0.29) is 16.2 Å². The topological polar surface area (TPSA) is 97.4 Å². The number of sulfonamides is 1. The number of ether oxygens (including phenoxy) is 1. The van der Waals surface area contributed by atoms with Gasteiger partial charge in [0.25, 0.3) is 15.9 Å². The van der Waals surface area contributed by atoms with Crippen molar-refractivity contribution in [3.63, 3.8) is 0 Å². The Morgan fingerprint density at radius 2 is 1.73 bits per heavy atom. The SMILES string of the molecule is COc1ccc(C(=O)Nc2nc(-c3ccccc3)cs2)cc1S(=O)(=O)Nc1ccc(C)cc1. The number of nitrogens with zero attached hydrogens (tertiary/aromatic N) is 1. The predicted octanol–water partition coefficient (Wildman–Crippen LogP) is 5.18. The molecule has 4 rings (SSSR count). The number of rotatable bonds is 7. The lowest BCUT2D eigenvalue weighted by molar-refractivity contribution is 0.102. The van der Waals surface area contributed by atoms with E-state index in [1.54, 1.807) is 24.3 Å². The lowest BCUT2D eigenvalue weighted by Gasteiger charge is -2.13. The first-order valence-electron chi connectivity index (χ1n) is 9.95. The first-order valence-corrected chi connectivity index (χ1v) is 12.3. The van der Waals surface area contributed by atoms with Crippen molar-refractivity contribution in [3.05, 3.63) is 89.3 Å². The average Bonchev–Trinajstić information content (AvgIpc) is 3.29. The van der Waals surface area contributed by atoms with E-state index >= 15 is 0 Å². The summed E-state index contributed by atoms with van der Waals surface area (Å²) in [6.07, 6.45) is 0. The molecule has 9 heteroatoms. The van der Waals surface area contributed by atoms with E-state index in [2.05, 4.69) is 15.0 Å². The quantitative estimate of drug-likeness (QED) is 0.381. The number of carbonyl (C=O) groups excluding carboxylic acids is 1. The number of nitrogens with one attached hydrogen (secondary N) is 2. The number of hydrogen-bond acceptors (Lipinski definition) is 6. The monoisotopic (exact) mass is 479 g/mol. The number of carbonyl (C=O) groups is 1. The molecule has 0 bridgehead atoms. The molecule has 0 saturated heterocycles. The van der Waals surface area contributed by atoms with Crippen LogP contribution in [-0.2, 0) is 10.0 Å². The van der Waals surface area contributed by atoms with Crippen LogP contribution in [0.1, 0.15) is 15.9 Å². The Morgan fingerprint density at radius 1 is 1.00 bits per heavy atom. The molecule has 7 nitrogen and oxygen atoms in total. The number of anilines is 2. The number of amides is 1. The number of benzene rings is 3. The molecule has 0 radical (unpaired) electrons. The van der Waals surface area contributed by atoms with E-state index in [1.165, 1.54) is 36.6 Å². The minimum Gasteiger partial charge on any atom is -0.495 e. The van der Waals surface area contributed by atoms with Gasteiger partial charge in [-0.05, 0) is 37.3 Å². The highest BCUT2D eigenvalue weighted by atomic mass is 32.2. The number of hydrogen-bond donors (Lipinski definition) is 2. The maximum absolute atomic E-state index is 13.0. The fraction of sp³-hybridized carbons (Fsp3) is 0.0833. The van der Waals surface area contributed by atoms with E-state index in [0.717, 1.165) is 16.8 Å². The molecule has 168 valence electrons. The van der Waals surface area contributed by atoms with E-state index in [4.69, 9.17) is 4.74 Å². The summed E-state index contributed by atoms with van der Waals surface area (Å²) < 4.78 is 33.8. The molecule has 0 aliphatic rings. The van der Waals surface area contributed by atoms with Crippen LogP contribution in [0.3, 0.4) is 0 Å². The van der Waals surface area contributed by atoms with Crippen molar-refractivity contribution in [1.82, 2.24) is 4.98 Å². The van der Waals surface area contributed by atoms with Gasteiger partial charge in [-0.1, -0.05) is 48.0 Å². The third-order valence-corrected chi connectivity index (χ3v) is 6.97. The molecule has 1 heterocycles. The van der Waals surface area contributed by atoms with Crippen LogP contribution in [0.2, 0.25) is 0 Å². The number of aryl methyl sites for hydroxylation is 1. The fourth-order valence-electron chi connectivity index (χ4n) is 3.10. The van der Waals surface area contributed by atoms with Gasteiger partial charge in [0.05, 0.1) is 12.8 Å². The van der Waals surface area contributed by atoms with Crippen LogP contribution in [0, 0.1) is 6.92 Å². The first kappa shape index (κ1) is 22.5. The van der Waals surface area contributed by atoms with Gasteiger partial charge >= 0.3 is 0 Å². The van der Waals surface area contributed by atoms with Crippen LogP contribution in [0.5, 0.6) is 5.75 Å². The molecule has 33 heavy (non-hydrogen) atoms. The summed E-state index contributed by atoms with van der Waals surface area (Å²) >= 11 is 1.29. The number of thiazole rings is 1. The second kappa shape index (κ2) is 9.43. The second-order valence-electron chi connectivity index (χ2n) is 7.20. The highest BCUT2D eigenvalue weighted by molar-refractivity contribution is 7.92. The standard InChI is InChI=1S/C24H21N3O4S2/c1-16-8-11-19(12-9-16)27-33(29,30)22-14-18(10-13-21(22)31-2)23(28)26-24-25-20(15-32-24)17-6-4-3-5-7-17/h3-15,27H,1-2H3,(H,25,26,28). The van der Waals surface area contributed by atoms with Crippen LogP contribution in [0.25, 0.3) is 11.3 Å². The molecule has 0 unspecified atom stereocenters. The second-order valence-corrected chi connectivity index (χ2v) is 9.70. The minimum absolute atomic E-state index is 0.131. The molecule has 1 aromatic heterocycles. The van der Waals surface area contributed by atoms with Crippen molar-refractivity contribution in [2.45, 2.75) is 11.8 Å². The Kier molecular flexibility index (Phi) is 6.43. The summed E-state index contributed by atoms with van der Waals surface area (Å²) in [5.74, 6) is -0.342. The summed E-state index contributed by atoms with van der Waals surface area (Å²) in [5.41, 5.74) is 3.27. The number of methoxy groups -OCH3 is 1. The lowest BCUT2D eigenvalue weighted by Crippen LogP contribution is -2.17. The van der Waals surface area contributed by atoms with Crippen molar-refractivity contribution in [1.29, 1.82) is 0 Å². The van der Waals surface area contributed by atoms with Gasteiger partial charge in [0.15, 0.2) is 5.13 Å². The normalized spacial score (nSPS) is 11.1. The molecule has 0 aliphatic carbocycles. The summed E-state index contributed by atoms with van der Waals surface area (Å²) in [7, 11) is -2.62. The van der Waals surface area contributed by atoms with Crippen LogP contribution in [0.15, 0.2) is 83.1 Å². The van der Waals surface area contributed by atoms with Gasteiger partial charge in [0.1, 0.15) is 10.6 Å². The first-order chi connectivity index (χ1) is 15.9. The zero-order valence-corrected chi connectivity index (χ0v) is 19.5. The molecule has 0 aliphatic heterocycles. The average molecular weight is 480 g/mol. The highest BCUT2D eigenvalue weighted by Crippen LogP contribution is 2.29. The Bertz CT molecular complexity index is 1380. The molecule has 3 aromatic carbocycles. The largest absolute Gasteiger partial charge is 0.495 e. The number of aromatic nitrogens is 1. The molecule has 0 spiro atoms. The van der Waals surface area contributed by atoms with Crippen LogP contribution >= 0.6 is 11.3 Å². The van der Waals surface area contributed by atoms with Gasteiger partial charge in [-0.2, -0.15) is 0 Å². The van der Waals surface area contributed by atoms with Gasteiger partial charge in [-0.25, -0.2) is 13.4 Å². The van der Waals surface area contributed by atoms with Crippen molar-refractivity contribution < 1.29 is 17.9 Å². The summed E-state index contributed by atoms with van der Waals surface area (Å²) in [4.78, 5) is 17.1. The van der Waals surface area contributed by atoms with E-state index in [0.29, 0.717) is 10.8 Å². The van der Waals surface area contributed by atoms with Crippen molar-refractivity contribution in [2.75, 3.05) is 17.1 Å². The molecule has 1 amide bonds. The summed E-state index contributed by atoms with van der Waals surface area (Å²) in [5, 5.41) is 4.99. The molecule has 0 atom stereocenters. The third-order valence-electron chi connectivity index (χ3n) is 4.81. The van der Waals surface area contributed by atoms with Gasteiger partial charge in [-0.15, -0.1) is 11.3 Å². The van der Waals surface area contributed by atoms with Crippen molar-refractivity contribution in [3.8, 4) is 17.0 Å². The molecular weight excluding hydrogens is 458 g/mol. The molecule has 4 aromatic rings. The van der Waals surface area contributed by atoms with Crippen LogP contribution in [-0.4, -0.2) is 26.4 Å². The predicted molar refractivity (Wildman–Crippen MR) is 130 cm³/mol. The Balaban J connectivity index is 1.57. The maximum Gasteiger partial charge on any atom is 0.265 e. The Hall–Kier alpha value is -3.69. The zero-order valence-electron chi connectivity index (χ0n) is 17.9. The van der Waals surface area contributed by atoms with Crippen molar-refractivity contribution >= 4 is 38.1 Å². The molecule has 2 N–H and O–H groups in total. The molecule has 0 saturated carbocycles. The van der Waals surface area contributed by atoms with Gasteiger partial charge in [0, 0.05) is 22.2 Å². The smallest absolute Gasteiger partial charge is 0.265 e. The lowest BCUT2D eigenvalue weighted by atomic mass is 10.2. The fourth-order valence-corrected chi connectivity index (χ4v) is 5.07. The van der Waals surface area contributed by atoms with Crippen LogP contribution in [0.4, 0.5) is 10.8 Å². The maximum atomic E-state index is 13.0. The summed E-state index contributed by atoms with van der Waals surface area (Å²) in [6, 6.07) is 20.8. The van der Waals surface area contributed by atoms with Gasteiger partial charge in [0.2, 0.25) is 0 Å². The van der Waals surface area contributed by atoms with Crippen molar-refractivity contribution in [2.24, 2.45) is 0 Å². The minimum atomic E-state index is -4.00. The molecule has 0 fully saturated rings. The van der Waals surface area contributed by atoms with Crippen LogP contribution < -0.4 is 14.8 Å². The third kappa shape index (κ3) is 5.21.